The second-order valence-corrected chi connectivity index (χ2v) is 4.29. The van der Waals surface area contributed by atoms with Gasteiger partial charge in [0.2, 0.25) is 0 Å². The van der Waals surface area contributed by atoms with Crippen molar-refractivity contribution in [3.63, 3.8) is 0 Å². The van der Waals surface area contributed by atoms with Crippen molar-refractivity contribution in [2.24, 2.45) is 0 Å². The molecule has 0 aliphatic rings. The Morgan fingerprint density at radius 1 is 1.42 bits per heavy atom. The largest absolute Gasteiger partial charge is 0.479 e. The summed E-state index contributed by atoms with van der Waals surface area (Å²) in [5, 5.41) is 29.0. The van der Waals surface area contributed by atoms with Crippen molar-refractivity contribution in [1.82, 2.24) is 0 Å². The standard InChI is InChI=1S/C11H10BrNO6/c12-5-8(14)3-6-1-2-7(13(18)19)4-9(6)10(15)11(16)17/h1-2,4,10,15H,3,5H2,(H,16,17). The highest BCUT2D eigenvalue weighted by atomic mass is 79.9. The summed E-state index contributed by atoms with van der Waals surface area (Å²) in [6.45, 7) is 0. The minimum atomic E-state index is -1.90. The first-order chi connectivity index (χ1) is 8.86. The van der Waals surface area contributed by atoms with Gasteiger partial charge >= 0.3 is 5.97 Å². The van der Waals surface area contributed by atoms with Gasteiger partial charge in [-0.1, -0.05) is 22.0 Å². The molecule has 1 aromatic rings. The summed E-state index contributed by atoms with van der Waals surface area (Å²) in [7, 11) is 0. The number of carbonyl (C=O) groups is 2. The Labute approximate surface area is 116 Å². The van der Waals surface area contributed by atoms with Gasteiger partial charge in [-0.05, 0) is 5.56 Å². The lowest BCUT2D eigenvalue weighted by Crippen LogP contribution is -2.15. The summed E-state index contributed by atoms with van der Waals surface area (Å²) in [6, 6.07) is 3.41. The molecule has 1 aromatic carbocycles. The van der Waals surface area contributed by atoms with Crippen LogP contribution in [-0.4, -0.2) is 32.2 Å². The highest BCUT2D eigenvalue weighted by molar-refractivity contribution is 9.09. The number of aliphatic carboxylic acids is 1. The van der Waals surface area contributed by atoms with E-state index < -0.39 is 17.0 Å². The zero-order valence-corrected chi connectivity index (χ0v) is 11.2. The number of non-ortho nitro benzene ring substituents is 1. The van der Waals surface area contributed by atoms with Crippen LogP contribution in [0, 0.1) is 10.1 Å². The van der Waals surface area contributed by atoms with Gasteiger partial charge in [-0.15, -0.1) is 0 Å². The van der Waals surface area contributed by atoms with Gasteiger partial charge in [0.05, 0.1) is 10.3 Å². The maximum atomic E-state index is 11.3. The van der Waals surface area contributed by atoms with E-state index in [9.17, 15) is 24.8 Å². The molecule has 0 heterocycles. The van der Waals surface area contributed by atoms with Crippen LogP contribution in [0.4, 0.5) is 5.69 Å². The van der Waals surface area contributed by atoms with Crippen LogP contribution in [0.15, 0.2) is 18.2 Å². The lowest BCUT2D eigenvalue weighted by Gasteiger charge is -2.11. The van der Waals surface area contributed by atoms with Crippen LogP contribution in [0.5, 0.6) is 0 Å². The van der Waals surface area contributed by atoms with Gasteiger partial charge in [0.25, 0.3) is 5.69 Å². The second kappa shape index (κ2) is 6.39. The normalized spacial score (nSPS) is 11.9. The van der Waals surface area contributed by atoms with E-state index in [-0.39, 0.29) is 34.3 Å². The zero-order chi connectivity index (χ0) is 14.6. The molecule has 0 saturated carbocycles. The number of hydrogen-bond donors (Lipinski definition) is 2. The Kier molecular flexibility index (Phi) is 5.13. The highest BCUT2D eigenvalue weighted by Gasteiger charge is 2.23. The number of nitrogens with zero attached hydrogens (tertiary/aromatic N) is 1. The fraction of sp³-hybridized carbons (Fsp3) is 0.273. The minimum Gasteiger partial charge on any atom is -0.479 e. The molecule has 0 amide bonds. The van der Waals surface area contributed by atoms with Gasteiger partial charge < -0.3 is 10.2 Å². The molecule has 1 atom stereocenters. The number of Topliss-reactive ketones (excluding diaryl/α,β-unsaturated/α-hetero) is 1. The lowest BCUT2D eigenvalue weighted by molar-refractivity contribution is -0.385. The Bertz CT molecular complexity index is 530. The fourth-order valence-electron chi connectivity index (χ4n) is 1.50. The van der Waals surface area contributed by atoms with E-state index in [0.717, 1.165) is 12.1 Å². The van der Waals surface area contributed by atoms with Crippen molar-refractivity contribution < 1.29 is 24.7 Å². The number of alkyl halides is 1. The van der Waals surface area contributed by atoms with Crippen molar-refractivity contribution in [3.05, 3.63) is 39.4 Å². The molecule has 0 radical (unpaired) electrons. The first-order valence-corrected chi connectivity index (χ1v) is 6.24. The van der Waals surface area contributed by atoms with Crippen LogP contribution in [0.25, 0.3) is 0 Å². The van der Waals surface area contributed by atoms with Crippen molar-refractivity contribution in [2.45, 2.75) is 12.5 Å². The first kappa shape index (κ1) is 15.3. The number of aliphatic hydroxyl groups is 1. The Hall–Kier alpha value is -1.80. The van der Waals surface area contributed by atoms with Crippen LogP contribution < -0.4 is 0 Å². The van der Waals surface area contributed by atoms with Crippen molar-refractivity contribution >= 4 is 33.4 Å². The number of halogens is 1. The van der Waals surface area contributed by atoms with E-state index in [1.54, 1.807) is 0 Å². The molecule has 0 aliphatic heterocycles. The summed E-state index contributed by atoms with van der Waals surface area (Å²) in [5.41, 5.74) is -0.230. The zero-order valence-electron chi connectivity index (χ0n) is 9.58. The van der Waals surface area contributed by atoms with Gasteiger partial charge in [0.1, 0.15) is 5.78 Å². The second-order valence-electron chi connectivity index (χ2n) is 3.73. The van der Waals surface area contributed by atoms with Gasteiger partial charge in [-0.2, -0.15) is 0 Å². The van der Waals surface area contributed by atoms with Crippen molar-refractivity contribution in [1.29, 1.82) is 0 Å². The molecule has 19 heavy (non-hydrogen) atoms. The number of aliphatic hydroxyl groups excluding tert-OH is 1. The topological polar surface area (TPSA) is 118 Å². The summed E-state index contributed by atoms with van der Waals surface area (Å²) in [4.78, 5) is 32.0. The molecular formula is C11H10BrNO6. The Balaban J connectivity index is 3.25. The number of carbonyl (C=O) groups excluding carboxylic acids is 1. The Morgan fingerprint density at radius 2 is 2.05 bits per heavy atom. The number of carboxylic acids is 1. The highest BCUT2D eigenvalue weighted by Crippen LogP contribution is 2.24. The third kappa shape index (κ3) is 3.83. The van der Waals surface area contributed by atoms with E-state index in [2.05, 4.69) is 15.9 Å². The molecule has 0 spiro atoms. The number of rotatable bonds is 6. The van der Waals surface area contributed by atoms with Gasteiger partial charge in [0, 0.05) is 24.1 Å². The predicted octanol–water partition coefficient (Wildman–Crippen LogP) is 1.22. The van der Waals surface area contributed by atoms with Crippen molar-refractivity contribution in [3.8, 4) is 0 Å². The average molecular weight is 332 g/mol. The quantitative estimate of drug-likeness (QED) is 0.459. The Morgan fingerprint density at radius 3 is 2.53 bits per heavy atom. The summed E-state index contributed by atoms with van der Waals surface area (Å²) >= 11 is 2.96. The van der Waals surface area contributed by atoms with E-state index in [1.807, 2.05) is 0 Å². The van der Waals surface area contributed by atoms with Gasteiger partial charge in [-0.3, -0.25) is 14.9 Å². The molecule has 2 N–H and O–H groups in total. The van der Waals surface area contributed by atoms with E-state index >= 15 is 0 Å². The number of nitro benzene ring substituents is 1. The molecule has 8 heteroatoms. The third-order valence-corrected chi connectivity index (χ3v) is 3.03. The van der Waals surface area contributed by atoms with Crippen molar-refractivity contribution in [2.75, 3.05) is 5.33 Å². The minimum absolute atomic E-state index is 0.0760. The molecule has 7 nitrogen and oxygen atoms in total. The maximum absolute atomic E-state index is 11.3. The SMILES string of the molecule is O=C(CBr)Cc1ccc([N+](=O)[O-])cc1C(O)C(=O)O. The van der Waals surface area contributed by atoms with E-state index in [4.69, 9.17) is 5.11 Å². The van der Waals surface area contributed by atoms with Crippen LogP contribution in [0.1, 0.15) is 17.2 Å². The van der Waals surface area contributed by atoms with Gasteiger partial charge in [-0.25, -0.2) is 4.79 Å². The maximum Gasteiger partial charge on any atom is 0.337 e. The average Bonchev–Trinajstić information content (AvgIpc) is 2.37. The number of carboxylic acid groups (broad SMARTS) is 1. The molecule has 0 aromatic heterocycles. The first-order valence-electron chi connectivity index (χ1n) is 5.12. The molecule has 0 aliphatic carbocycles. The molecule has 1 unspecified atom stereocenters. The van der Waals surface area contributed by atoms with Gasteiger partial charge in [0.15, 0.2) is 6.10 Å². The molecule has 0 saturated heterocycles. The smallest absolute Gasteiger partial charge is 0.337 e. The van der Waals surface area contributed by atoms with Crippen LogP contribution in [0.3, 0.4) is 0 Å². The van der Waals surface area contributed by atoms with Crippen LogP contribution in [0.2, 0.25) is 0 Å². The number of ketones is 1. The molecule has 0 fully saturated rings. The summed E-state index contributed by atoms with van der Waals surface area (Å²) in [5.74, 6) is -1.76. The number of nitro groups is 1. The molecule has 1 rings (SSSR count). The predicted molar refractivity (Wildman–Crippen MR) is 68.2 cm³/mol. The fourth-order valence-corrected chi connectivity index (χ4v) is 1.70. The van der Waals surface area contributed by atoms with Crippen LogP contribution >= 0.6 is 15.9 Å². The molecule has 102 valence electrons. The van der Waals surface area contributed by atoms with E-state index in [0.29, 0.717) is 0 Å². The summed E-state index contributed by atoms with van der Waals surface area (Å²) < 4.78 is 0. The van der Waals surface area contributed by atoms with Crippen LogP contribution in [-0.2, 0) is 16.0 Å². The summed E-state index contributed by atoms with van der Waals surface area (Å²) in [6.07, 6.45) is -2.01. The number of benzene rings is 1. The van der Waals surface area contributed by atoms with E-state index in [1.165, 1.54) is 6.07 Å². The monoisotopic (exact) mass is 331 g/mol. The third-order valence-electron chi connectivity index (χ3n) is 2.41. The lowest BCUT2D eigenvalue weighted by atomic mass is 9.98. The molecule has 0 bridgehead atoms. The number of hydrogen-bond acceptors (Lipinski definition) is 5. The molecular weight excluding hydrogens is 322 g/mol.